The van der Waals surface area contributed by atoms with Crippen LogP contribution in [0.5, 0.6) is 0 Å². The molecule has 7 heteroatoms. The van der Waals surface area contributed by atoms with Crippen LogP contribution in [0.2, 0.25) is 0 Å². The molecule has 0 fully saturated rings. The summed E-state index contributed by atoms with van der Waals surface area (Å²) in [6.45, 7) is 5.60. The second kappa shape index (κ2) is 5.83. The lowest BCUT2D eigenvalue weighted by Gasteiger charge is -2.08. The van der Waals surface area contributed by atoms with Crippen LogP contribution >= 0.6 is 0 Å². The van der Waals surface area contributed by atoms with Gasteiger partial charge in [0.25, 0.3) is 0 Å². The van der Waals surface area contributed by atoms with E-state index in [9.17, 15) is 0 Å². The van der Waals surface area contributed by atoms with Gasteiger partial charge in [0.15, 0.2) is 5.82 Å². The second-order valence-electron chi connectivity index (χ2n) is 4.71. The summed E-state index contributed by atoms with van der Waals surface area (Å²) in [5, 5.41) is 15.9. The number of fused-ring (bicyclic) bond motifs is 1. The second-order valence-corrected chi connectivity index (χ2v) is 4.71. The number of hydrogen-bond acceptors (Lipinski definition) is 6. The number of aromatic nitrogens is 4. The Morgan fingerprint density at radius 3 is 2.89 bits per heavy atom. The van der Waals surface area contributed by atoms with E-state index in [4.69, 9.17) is 10.5 Å². The van der Waals surface area contributed by atoms with Crippen LogP contribution in [0.1, 0.15) is 32.0 Å². The third kappa shape index (κ3) is 2.93. The molecule has 0 unspecified atom stereocenters. The molecule has 0 aliphatic rings. The zero-order chi connectivity index (χ0) is 13.8. The Balaban J connectivity index is 2.23. The average Bonchev–Trinajstić information content (AvgIpc) is 2.79. The van der Waals surface area contributed by atoms with Crippen LogP contribution < -0.4 is 11.1 Å². The molecular weight excluding hydrogens is 244 g/mol. The van der Waals surface area contributed by atoms with Crippen molar-refractivity contribution in [3.63, 3.8) is 0 Å². The molecule has 104 valence electrons. The first-order valence-corrected chi connectivity index (χ1v) is 6.38. The van der Waals surface area contributed by atoms with Crippen molar-refractivity contribution >= 4 is 17.2 Å². The van der Waals surface area contributed by atoms with E-state index in [2.05, 4.69) is 20.6 Å². The highest BCUT2D eigenvalue weighted by molar-refractivity contribution is 5.67. The number of nitrogens with one attached hydrogen (secondary N) is 1. The van der Waals surface area contributed by atoms with Gasteiger partial charge < -0.3 is 15.8 Å². The first-order valence-electron chi connectivity index (χ1n) is 6.38. The maximum Gasteiger partial charge on any atom is 0.200 e. The molecule has 19 heavy (non-hydrogen) atoms. The van der Waals surface area contributed by atoms with E-state index in [1.54, 1.807) is 17.7 Å². The zero-order valence-electron chi connectivity index (χ0n) is 11.6. The number of ether oxygens (including phenoxy) is 1. The lowest BCUT2D eigenvalue weighted by atomic mass is 10.2. The predicted octanol–water partition coefficient (Wildman–Crippen LogP) is 1.28. The van der Waals surface area contributed by atoms with Crippen molar-refractivity contribution in [1.82, 2.24) is 19.8 Å². The van der Waals surface area contributed by atoms with Gasteiger partial charge in [0.2, 0.25) is 5.65 Å². The zero-order valence-corrected chi connectivity index (χ0v) is 11.6. The summed E-state index contributed by atoms with van der Waals surface area (Å²) in [5.74, 6) is 1.77. The Morgan fingerprint density at radius 1 is 1.42 bits per heavy atom. The molecular formula is C12H20N6O. The van der Waals surface area contributed by atoms with E-state index in [-0.39, 0.29) is 5.92 Å². The predicted molar refractivity (Wildman–Crippen MR) is 74.3 cm³/mol. The Morgan fingerprint density at radius 2 is 2.21 bits per heavy atom. The first-order chi connectivity index (χ1) is 9.13. The van der Waals surface area contributed by atoms with Crippen LogP contribution in [-0.2, 0) is 4.74 Å². The molecule has 0 aromatic carbocycles. The quantitative estimate of drug-likeness (QED) is 0.764. The lowest BCUT2D eigenvalue weighted by molar-refractivity contribution is 0.197. The standard InChI is InChI=1S/C12H20N6O/c1-8(2)11-15-16-12-9(13)7-10(17-18(11)12)14-5-4-6-19-3/h7-8H,4-6,13H2,1-3H3,(H,14,17). The molecule has 0 radical (unpaired) electrons. The number of rotatable bonds is 6. The van der Waals surface area contributed by atoms with Gasteiger partial charge in [-0.25, -0.2) is 0 Å². The van der Waals surface area contributed by atoms with E-state index < -0.39 is 0 Å². The van der Waals surface area contributed by atoms with E-state index in [0.29, 0.717) is 17.9 Å². The largest absolute Gasteiger partial charge is 0.396 e. The van der Waals surface area contributed by atoms with Crippen LogP contribution in [0.15, 0.2) is 6.07 Å². The van der Waals surface area contributed by atoms with Crippen molar-refractivity contribution in [3.8, 4) is 0 Å². The molecule has 2 rings (SSSR count). The molecule has 0 saturated carbocycles. The monoisotopic (exact) mass is 264 g/mol. The number of methoxy groups -OCH3 is 1. The topological polar surface area (TPSA) is 90.4 Å². The van der Waals surface area contributed by atoms with Gasteiger partial charge in [-0.3, -0.25) is 0 Å². The molecule has 2 heterocycles. The van der Waals surface area contributed by atoms with Crippen LogP contribution in [0.4, 0.5) is 11.5 Å². The molecule has 0 aliphatic carbocycles. The van der Waals surface area contributed by atoms with Gasteiger partial charge in [-0.2, -0.15) is 4.52 Å². The van der Waals surface area contributed by atoms with Crippen molar-refractivity contribution in [2.75, 3.05) is 31.3 Å². The summed E-state index contributed by atoms with van der Waals surface area (Å²) in [5.41, 5.74) is 7.15. The summed E-state index contributed by atoms with van der Waals surface area (Å²) >= 11 is 0. The molecule has 0 bridgehead atoms. The third-order valence-corrected chi connectivity index (χ3v) is 2.77. The van der Waals surface area contributed by atoms with Crippen LogP contribution in [0, 0.1) is 0 Å². The van der Waals surface area contributed by atoms with Gasteiger partial charge in [-0.1, -0.05) is 13.8 Å². The molecule has 3 N–H and O–H groups in total. The SMILES string of the molecule is COCCCNc1cc(N)c2nnc(C(C)C)n2n1. The smallest absolute Gasteiger partial charge is 0.200 e. The van der Waals surface area contributed by atoms with Gasteiger partial charge in [0.05, 0.1) is 5.69 Å². The minimum Gasteiger partial charge on any atom is -0.396 e. The highest BCUT2D eigenvalue weighted by atomic mass is 16.5. The number of nitrogen functional groups attached to an aromatic ring is 1. The summed E-state index contributed by atoms with van der Waals surface area (Å²) in [7, 11) is 1.69. The highest BCUT2D eigenvalue weighted by Crippen LogP contribution is 2.19. The summed E-state index contributed by atoms with van der Waals surface area (Å²) in [6.07, 6.45) is 0.912. The van der Waals surface area contributed by atoms with Gasteiger partial charge in [0.1, 0.15) is 5.82 Å². The molecule has 0 aliphatic heterocycles. The van der Waals surface area contributed by atoms with Crippen molar-refractivity contribution in [1.29, 1.82) is 0 Å². The molecule has 0 saturated heterocycles. The number of hydrogen-bond donors (Lipinski definition) is 2. The van der Waals surface area contributed by atoms with Gasteiger partial charge in [0, 0.05) is 32.2 Å². The van der Waals surface area contributed by atoms with Gasteiger partial charge >= 0.3 is 0 Å². The van der Waals surface area contributed by atoms with E-state index in [0.717, 1.165) is 24.6 Å². The van der Waals surface area contributed by atoms with E-state index in [1.807, 2.05) is 13.8 Å². The average molecular weight is 264 g/mol. The van der Waals surface area contributed by atoms with Crippen molar-refractivity contribution in [3.05, 3.63) is 11.9 Å². The van der Waals surface area contributed by atoms with E-state index >= 15 is 0 Å². The highest BCUT2D eigenvalue weighted by Gasteiger charge is 2.13. The minimum absolute atomic E-state index is 0.241. The van der Waals surface area contributed by atoms with Gasteiger partial charge in [-0.15, -0.1) is 15.3 Å². The molecule has 0 atom stereocenters. The van der Waals surface area contributed by atoms with Crippen LogP contribution in [-0.4, -0.2) is 40.1 Å². The molecule has 7 nitrogen and oxygen atoms in total. The molecule has 0 amide bonds. The van der Waals surface area contributed by atoms with Crippen molar-refractivity contribution in [2.24, 2.45) is 0 Å². The Labute approximate surface area is 112 Å². The third-order valence-electron chi connectivity index (χ3n) is 2.77. The fraction of sp³-hybridized carbons (Fsp3) is 0.583. The Kier molecular flexibility index (Phi) is 4.16. The summed E-state index contributed by atoms with van der Waals surface area (Å²) in [6, 6.07) is 1.78. The van der Waals surface area contributed by atoms with Gasteiger partial charge in [-0.05, 0) is 6.42 Å². The molecule has 2 aromatic rings. The number of nitrogens with two attached hydrogens (primary N) is 1. The lowest BCUT2D eigenvalue weighted by Crippen LogP contribution is -2.10. The van der Waals surface area contributed by atoms with Crippen molar-refractivity contribution < 1.29 is 4.74 Å². The minimum atomic E-state index is 0.241. The first kappa shape index (κ1) is 13.5. The Hall–Kier alpha value is -1.89. The maximum absolute atomic E-state index is 5.97. The summed E-state index contributed by atoms with van der Waals surface area (Å²) in [4.78, 5) is 0. The fourth-order valence-corrected chi connectivity index (χ4v) is 1.80. The van der Waals surface area contributed by atoms with Crippen molar-refractivity contribution in [2.45, 2.75) is 26.2 Å². The van der Waals surface area contributed by atoms with E-state index in [1.165, 1.54) is 0 Å². The fourth-order valence-electron chi connectivity index (χ4n) is 1.80. The summed E-state index contributed by atoms with van der Waals surface area (Å²) < 4.78 is 6.71. The van der Waals surface area contributed by atoms with Crippen LogP contribution in [0.25, 0.3) is 5.65 Å². The molecule has 2 aromatic heterocycles. The Bertz CT molecular complexity index is 550. The van der Waals surface area contributed by atoms with Crippen LogP contribution in [0.3, 0.4) is 0 Å². The normalized spacial score (nSPS) is 11.4. The molecule has 0 spiro atoms. The number of anilines is 2. The maximum atomic E-state index is 5.97. The number of nitrogens with zero attached hydrogens (tertiary/aromatic N) is 4.